The molecule has 5 aromatic rings. The molecule has 1 N–H and O–H groups in total. The highest BCUT2D eigenvalue weighted by molar-refractivity contribution is 5.90. The molecule has 0 aliphatic carbocycles. The zero-order chi connectivity index (χ0) is 23.9. The van der Waals surface area contributed by atoms with Crippen LogP contribution in [0, 0.1) is 6.92 Å². The van der Waals surface area contributed by atoms with E-state index in [2.05, 4.69) is 30.5 Å². The molecule has 0 fully saturated rings. The summed E-state index contributed by atoms with van der Waals surface area (Å²) in [6, 6.07) is 7.96. The quantitative estimate of drug-likeness (QED) is 0.420. The molecule has 0 aliphatic heterocycles. The number of aryl methyl sites for hydroxylation is 1. The third kappa shape index (κ3) is 4.05. The van der Waals surface area contributed by atoms with Crippen LogP contribution >= 0.6 is 0 Å². The number of carbonyl (C=O) groups excluding carboxylic acids is 1. The molecule has 1 amide bonds. The fourth-order valence-electron chi connectivity index (χ4n) is 3.56. The maximum Gasteiger partial charge on any atom is 0.292 e. The average Bonchev–Trinajstić information content (AvgIpc) is 3.57. The molecule has 0 atom stereocenters. The van der Waals surface area contributed by atoms with E-state index in [1.165, 1.54) is 12.7 Å². The largest absolute Gasteiger partial charge is 0.443 e. The molecular formula is C24H23N7O3. The summed E-state index contributed by atoms with van der Waals surface area (Å²) in [5.74, 6) is 0.730. The molecular weight excluding hydrogens is 434 g/mol. The monoisotopic (exact) mass is 457 g/mol. The lowest BCUT2D eigenvalue weighted by Gasteiger charge is -2.10. The van der Waals surface area contributed by atoms with Crippen molar-refractivity contribution in [2.24, 2.45) is 0 Å². The van der Waals surface area contributed by atoms with Gasteiger partial charge in [-0.2, -0.15) is 10.1 Å². The fourth-order valence-corrected chi connectivity index (χ4v) is 3.56. The lowest BCUT2D eigenvalue weighted by Crippen LogP contribution is -2.24. The Morgan fingerprint density at radius 3 is 2.74 bits per heavy atom. The molecule has 4 aromatic heterocycles. The Kier molecular flexibility index (Phi) is 5.20. The van der Waals surface area contributed by atoms with Crippen LogP contribution < -0.4 is 5.32 Å². The molecule has 172 valence electrons. The maximum absolute atomic E-state index is 12.5. The topological polar surface area (TPSA) is 124 Å². The normalized spacial score (nSPS) is 11.8. The molecule has 0 aliphatic rings. The van der Waals surface area contributed by atoms with Crippen LogP contribution in [-0.2, 0) is 12.0 Å². The number of rotatable bonds is 5. The van der Waals surface area contributed by atoms with Gasteiger partial charge in [0.25, 0.3) is 11.7 Å². The van der Waals surface area contributed by atoms with E-state index in [1.54, 1.807) is 10.7 Å². The Bertz CT molecular complexity index is 1480. The van der Waals surface area contributed by atoms with Crippen molar-refractivity contribution in [1.29, 1.82) is 0 Å². The van der Waals surface area contributed by atoms with Crippen LogP contribution in [0.4, 0.5) is 0 Å². The van der Waals surface area contributed by atoms with Gasteiger partial charge in [-0.05, 0) is 30.2 Å². The number of nitrogens with one attached hydrogen (secondary N) is 1. The highest BCUT2D eigenvalue weighted by atomic mass is 16.5. The first-order valence-corrected chi connectivity index (χ1v) is 10.7. The van der Waals surface area contributed by atoms with Gasteiger partial charge < -0.3 is 14.3 Å². The van der Waals surface area contributed by atoms with Crippen LogP contribution in [0.15, 0.2) is 58.3 Å². The number of amides is 1. The predicted octanol–water partition coefficient (Wildman–Crippen LogP) is 3.97. The third-order valence-corrected chi connectivity index (χ3v) is 5.45. The second kappa shape index (κ2) is 8.22. The molecule has 1 aromatic carbocycles. The third-order valence-electron chi connectivity index (χ3n) is 5.45. The summed E-state index contributed by atoms with van der Waals surface area (Å²) >= 11 is 0. The molecule has 0 unspecified atom stereocenters. The highest BCUT2D eigenvalue weighted by Gasteiger charge is 2.24. The molecule has 4 heterocycles. The van der Waals surface area contributed by atoms with Gasteiger partial charge in [0.1, 0.15) is 6.33 Å². The molecule has 10 heteroatoms. The number of carbonyl (C=O) groups is 1. The summed E-state index contributed by atoms with van der Waals surface area (Å²) < 4.78 is 12.4. The van der Waals surface area contributed by atoms with Gasteiger partial charge in [0.2, 0.25) is 5.89 Å². The Morgan fingerprint density at radius 2 is 2.03 bits per heavy atom. The van der Waals surface area contributed by atoms with E-state index in [9.17, 15) is 4.79 Å². The number of aromatic nitrogens is 6. The van der Waals surface area contributed by atoms with Crippen LogP contribution in [0.3, 0.4) is 0 Å². The standard InChI is InChI=1S/C24H23N7O3/c1-14-7-15(20-18-8-17(19-10-25-13-33-19)11-31(18)28-12-27-20)5-6-16(14)9-26-22(32)21-29-23(34-30-21)24(2,3)4/h5-8,10-13H,9H2,1-4H3,(H,26,32). The number of fused-ring (bicyclic) bond motifs is 1. The molecule has 5 rings (SSSR count). The highest BCUT2D eigenvalue weighted by Crippen LogP contribution is 2.29. The molecule has 0 spiro atoms. The van der Waals surface area contributed by atoms with Crippen molar-refractivity contribution in [1.82, 2.24) is 35.0 Å². The molecule has 0 bridgehead atoms. The second-order valence-corrected chi connectivity index (χ2v) is 9.03. The molecule has 10 nitrogen and oxygen atoms in total. The Morgan fingerprint density at radius 1 is 1.18 bits per heavy atom. The van der Waals surface area contributed by atoms with E-state index < -0.39 is 0 Å². The average molecular weight is 457 g/mol. The van der Waals surface area contributed by atoms with Crippen LogP contribution in [0.1, 0.15) is 48.4 Å². The van der Waals surface area contributed by atoms with Crippen molar-refractivity contribution in [2.75, 3.05) is 0 Å². The molecule has 34 heavy (non-hydrogen) atoms. The van der Waals surface area contributed by atoms with E-state index in [0.29, 0.717) is 18.2 Å². The van der Waals surface area contributed by atoms with Gasteiger partial charge >= 0.3 is 0 Å². The Hall–Kier alpha value is -4.34. The van der Waals surface area contributed by atoms with Crippen LogP contribution in [-0.4, -0.2) is 35.6 Å². The van der Waals surface area contributed by atoms with Crippen molar-refractivity contribution < 1.29 is 13.7 Å². The number of hydrogen-bond donors (Lipinski definition) is 1. The molecule has 0 saturated carbocycles. The van der Waals surface area contributed by atoms with Gasteiger partial charge in [-0.1, -0.05) is 38.1 Å². The number of nitrogens with zero attached hydrogens (tertiary/aromatic N) is 6. The van der Waals surface area contributed by atoms with Crippen molar-refractivity contribution in [3.8, 4) is 22.6 Å². The number of benzene rings is 1. The Labute approximate surface area is 195 Å². The van der Waals surface area contributed by atoms with Gasteiger partial charge in [0, 0.05) is 29.3 Å². The predicted molar refractivity (Wildman–Crippen MR) is 123 cm³/mol. The first-order chi connectivity index (χ1) is 16.3. The minimum absolute atomic E-state index is 0.0263. The zero-order valence-electron chi connectivity index (χ0n) is 19.2. The van der Waals surface area contributed by atoms with Gasteiger partial charge in [-0.25, -0.2) is 14.5 Å². The van der Waals surface area contributed by atoms with E-state index in [4.69, 9.17) is 8.94 Å². The second-order valence-electron chi connectivity index (χ2n) is 9.03. The van der Waals surface area contributed by atoms with Crippen molar-refractivity contribution in [2.45, 2.75) is 39.7 Å². The van der Waals surface area contributed by atoms with E-state index >= 15 is 0 Å². The van der Waals surface area contributed by atoms with Crippen molar-refractivity contribution in [3.63, 3.8) is 0 Å². The first kappa shape index (κ1) is 21.5. The lowest BCUT2D eigenvalue weighted by atomic mass is 9.97. The summed E-state index contributed by atoms with van der Waals surface area (Å²) in [7, 11) is 0. The maximum atomic E-state index is 12.5. The molecule has 0 radical (unpaired) electrons. The van der Waals surface area contributed by atoms with Crippen molar-refractivity contribution in [3.05, 3.63) is 72.2 Å². The fraction of sp³-hybridized carbons (Fsp3) is 0.250. The van der Waals surface area contributed by atoms with Crippen LogP contribution in [0.5, 0.6) is 0 Å². The van der Waals surface area contributed by atoms with Crippen molar-refractivity contribution >= 4 is 11.4 Å². The molecule has 0 saturated heterocycles. The Balaban J connectivity index is 1.35. The summed E-state index contributed by atoms with van der Waals surface area (Å²) in [5.41, 5.74) is 5.11. The lowest BCUT2D eigenvalue weighted by molar-refractivity contribution is 0.0937. The smallest absolute Gasteiger partial charge is 0.292 e. The summed E-state index contributed by atoms with van der Waals surface area (Å²) in [5, 5.41) is 11.0. The SMILES string of the molecule is Cc1cc(-c2ncnn3cc(-c4cnco4)cc23)ccc1CNC(=O)c1noc(C(C)(C)C)n1. The van der Waals surface area contributed by atoms with Crippen LogP contribution in [0.2, 0.25) is 0 Å². The zero-order valence-corrected chi connectivity index (χ0v) is 19.2. The number of oxazole rings is 1. The van der Waals surface area contributed by atoms with Gasteiger partial charge in [-0.15, -0.1) is 0 Å². The van der Waals surface area contributed by atoms with E-state index in [1.807, 2.05) is 58.2 Å². The number of hydrogen-bond acceptors (Lipinski definition) is 8. The van der Waals surface area contributed by atoms with Crippen LogP contribution in [0.25, 0.3) is 28.1 Å². The van der Waals surface area contributed by atoms with Gasteiger partial charge in [0.15, 0.2) is 12.2 Å². The minimum atomic E-state index is -0.381. The summed E-state index contributed by atoms with van der Waals surface area (Å²) in [4.78, 5) is 25.2. The summed E-state index contributed by atoms with van der Waals surface area (Å²) in [6.07, 6.45) is 6.45. The van der Waals surface area contributed by atoms with E-state index in [-0.39, 0.29) is 17.1 Å². The summed E-state index contributed by atoms with van der Waals surface area (Å²) in [6.45, 7) is 8.17. The first-order valence-electron chi connectivity index (χ1n) is 10.7. The van der Waals surface area contributed by atoms with Gasteiger partial charge in [-0.3, -0.25) is 4.79 Å². The van der Waals surface area contributed by atoms with Gasteiger partial charge in [0.05, 0.1) is 17.4 Å². The minimum Gasteiger partial charge on any atom is -0.443 e. The van der Waals surface area contributed by atoms with E-state index in [0.717, 1.165) is 33.5 Å².